The lowest BCUT2D eigenvalue weighted by Gasteiger charge is -2.21. The Balaban J connectivity index is 2.96. The first kappa shape index (κ1) is 17.0. The van der Waals surface area contributed by atoms with Crippen molar-refractivity contribution in [3.05, 3.63) is 41.0 Å². The fourth-order valence-corrected chi connectivity index (χ4v) is 2.20. The van der Waals surface area contributed by atoms with E-state index in [4.69, 9.17) is 5.11 Å². The van der Waals surface area contributed by atoms with Gasteiger partial charge in [0.05, 0.1) is 0 Å². The number of rotatable bonds is 6. The Kier molecular flexibility index (Phi) is 6.15. The third-order valence-electron chi connectivity index (χ3n) is 3.34. The summed E-state index contributed by atoms with van der Waals surface area (Å²) in [5, 5.41) is 11.7. The number of carboxylic acid groups (broad SMARTS) is 1. The average molecular weight is 289 g/mol. The summed E-state index contributed by atoms with van der Waals surface area (Å²) < 4.78 is 0. The molecule has 21 heavy (non-hydrogen) atoms. The Labute approximate surface area is 125 Å². The van der Waals surface area contributed by atoms with Gasteiger partial charge < -0.3 is 10.4 Å². The monoisotopic (exact) mass is 289 g/mol. The Morgan fingerprint density at radius 2 is 1.95 bits per heavy atom. The van der Waals surface area contributed by atoms with E-state index < -0.39 is 5.97 Å². The van der Waals surface area contributed by atoms with Gasteiger partial charge in [0.15, 0.2) is 0 Å². The van der Waals surface area contributed by atoms with Crippen LogP contribution in [0.2, 0.25) is 0 Å². The predicted molar refractivity (Wildman–Crippen MR) is 84.2 cm³/mol. The third-order valence-corrected chi connectivity index (χ3v) is 3.34. The minimum atomic E-state index is -1.01. The van der Waals surface area contributed by atoms with Gasteiger partial charge in [-0.1, -0.05) is 26.8 Å². The number of hydrogen-bond acceptors (Lipinski definition) is 2. The van der Waals surface area contributed by atoms with Crippen LogP contribution in [-0.2, 0) is 4.79 Å². The van der Waals surface area contributed by atoms with Crippen LogP contribution < -0.4 is 5.32 Å². The lowest BCUT2D eigenvalue weighted by Crippen LogP contribution is -2.38. The molecule has 0 bridgehead atoms. The number of benzene rings is 1. The van der Waals surface area contributed by atoms with Gasteiger partial charge in [0, 0.05) is 17.7 Å². The highest BCUT2D eigenvalue weighted by molar-refractivity contribution is 5.95. The second-order valence-corrected chi connectivity index (χ2v) is 5.54. The van der Waals surface area contributed by atoms with E-state index in [1.54, 1.807) is 12.1 Å². The SMILES string of the molecule is CCC(NC(=O)c1cc(C)cc(/C=C/C(=O)O)c1)C(C)C. The fourth-order valence-electron chi connectivity index (χ4n) is 2.20. The zero-order chi connectivity index (χ0) is 16.0. The van der Waals surface area contributed by atoms with Crippen molar-refractivity contribution in [3.63, 3.8) is 0 Å². The minimum absolute atomic E-state index is 0.121. The lowest BCUT2D eigenvalue weighted by atomic mass is 10.0. The summed E-state index contributed by atoms with van der Waals surface area (Å²) in [5.74, 6) is -0.757. The molecule has 0 fully saturated rings. The molecule has 114 valence electrons. The van der Waals surface area contributed by atoms with Gasteiger partial charge in [-0.2, -0.15) is 0 Å². The van der Waals surface area contributed by atoms with Gasteiger partial charge in [0.25, 0.3) is 5.91 Å². The molecule has 0 saturated carbocycles. The number of aliphatic carboxylic acids is 1. The van der Waals surface area contributed by atoms with Gasteiger partial charge in [-0.15, -0.1) is 0 Å². The van der Waals surface area contributed by atoms with Crippen LogP contribution in [0.4, 0.5) is 0 Å². The molecule has 1 amide bonds. The second kappa shape index (κ2) is 7.62. The molecular formula is C17H23NO3. The highest BCUT2D eigenvalue weighted by atomic mass is 16.4. The standard InChI is InChI=1S/C17H23NO3/c1-5-15(11(2)3)18-17(21)14-9-12(4)8-13(10-14)6-7-16(19)20/h6-11,15H,5H2,1-4H3,(H,18,21)(H,19,20)/b7-6+. The first-order valence-corrected chi connectivity index (χ1v) is 7.17. The van der Waals surface area contributed by atoms with Crippen LogP contribution in [-0.4, -0.2) is 23.0 Å². The Bertz CT molecular complexity index is 547. The van der Waals surface area contributed by atoms with E-state index in [9.17, 15) is 9.59 Å². The van der Waals surface area contributed by atoms with Crippen molar-refractivity contribution in [3.8, 4) is 0 Å². The number of aryl methyl sites for hydroxylation is 1. The maximum atomic E-state index is 12.3. The molecule has 1 aromatic rings. The number of amides is 1. The molecule has 4 heteroatoms. The van der Waals surface area contributed by atoms with Gasteiger partial charge >= 0.3 is 5.97 Å². The predicted octanol–water partition coefficient (Wildman–Crippen LogP) is 3.26. The molecule has 4 nitrogen and oxygen atoms in total. The van der Waals surface area contributed by atoms with E-state index in [0.717, 1.165) is 18.1 Å². The molecule has 0 aromatic heterocycles. The quantitative estimate of drug-likeness (QED) is 0.790. The molecule has 0 radical (unpaired) electrons. The van der Waals surface area contributed by atoms with E-state index in [2.05, 4.69) is 19.2 Å². The Morgan fingerprint density at radius 3 is 2.48 bits per heavy atom. The van der Waals surface area contributed by atoms with Crippen molar-refractivity contribution >= 4 is 18.0 Å². The lowest BCUT2D eigenvalue weighted by molar-refractivity contribution is -0.131. The van der Waals surface area contributed by atoms with E-state index >= 15 is 0 Å². The molecule has 1 atom stereocenters. The highest BCUT2D eigenvalue weighted by Crippen LogP contribution is 2.13. The van der Waals surface area contributed by atoms with Gasteiger partial charge in [0.1, 0.15) is 0 Å². The second-order valence-electron chi connectivity index (χ2n) is 5.54. The molecule has 1 unspecified atom stereocenters. The molecule has 0 aliphatic carbocycles. The van der Waals surface area contributed by atoms with Crippen LogP contribution in [0.5, 0.6) is 0 Å². The van der Waals surface area contributed by atoms with E-state index in [-0.39, 0.29) is 11.9 Å². The summed E-state index contributed by atoms with van der Waals surface area (Å²) in [5.41, 5.74) is 2.18. The number of hydrogen-bond donors (Lipinski definition) is 2. The van der Waals surface area contributed by atoms with Crippen molar-refractivity contribution in [2.75, 3.05) is 0 Å². The van der Waals surface area contributed by atoms with Crippen molar-refractivity contribution in [1.82, 2.24) is 5.32 Å². The number of carboxylic acids is 1. The van der Waals surface area contributed by atoms with Crippen molar-refractivity contribution in [1.29, 1.82) is 0 Å². The molecule has 0 heterocycles. The summed E-state index contributed by atoms with van der Waals surface area (Å²) in [4.78, 5) is 22.9. The fraction of sp³-hybridized carbons (Fsp3) is 0.412. The summed E-state index contributed by atoms with van der Waals surface area (Å²) in [6.45, 7) is 8.08. The number of carbonyl (C=O) groups is 2. The molecule has 1 rings (SSSR count). The van der Waals surface area contributed by atoms with Gasteiger partial charge in [-0.3, -0.25) is 4.79 Å². The maximum Gasteiger partial charge on any atom is 0.328 e. The largest absolute Gasteiger partial charge is 0.478 e. The van der Waals surface area contributed by atoms with Crippen LogP contribution in [0.15, 0.2) is 24.3 Å². The van der Waals surface area contributed by atoms with Crippen molar-refractivity contribution in [2.24, 2.45) is 5.92 Å². The van der Waals surface area contributed by atoms with E-state index in [0.29, 0.717) is 17.0 Å². The van der Waals surface area contributed by atoms with Crippen molar-refractivity contribution in [2.45, 2.75) is 40.2 Å². The van der Waals surface area contributed by atoms with Gasteiger partial charge in [-0.05, 0) is 48.6 Å². The van der Waals surface area contributed by atoms with Crippen LogP contribution >= 0.6 is 0 Å². The molecule has 0 aliphatic rings. The molecule has 2 N–H and O–H groups in total. The number of nitrogens with one attached hydrogen (secondary N) is 1. The summed E-state index contributed by atoms with van der Waals surface area (Å²) in [6, 6.07) is 5.49. The van der Waals surface area contributed by atoms with Crippen molar-refractivity contribution < 1.29 is 14.7 Å². The molecule has 0 saturated heterocycles. The smallest absolute Gasteiger partial charge is 0.328 e. The number of carbonyl (C=O) groups excluding carboxylic acids is 1. The topological polar surface area (TPSA) is 66.4 Å². The normalized spacial score (nSPS) is 12.6. The first-order valence-electron chi connectivity index (χ1n) is 7.17. The summed E-state index contributed by atoms with van der Waals surface area (Å²) in [6.07, 6.45) is 3.44. The molecular weight excluding hydrogens is 266 g/mol. The molecule has 0 spiro atoms. The molecule has 0 aliphatic heterocycles. The van der Waals surface area contributed by atoms with E-state index in [1.807, 2.05) is 19.9 Å². The Morgan fingerprint density at radius 1 is 1.29 bits per heavy atom. The zero-order valence-electron chi connectivity index (χ0n) is 13.0. The minimum Gasteiger partial charge on any atom is -0.478 e. The average Bonchev–Trinajstić information content (AvgIpc) is 2.41. The van der Waals surface area contributed by atoms with Crippen LogP contribution in [0.1, 0.15) is 48.7 Å². The third kappa shape index (κ3) is 5.42. The van der Waals surface area contributed by atoms with Crippen LogP contribution in [0.3, 0.4) is 0 Å². The molecule has 1 aromatic carbocycles. The van der Waals surface area contributed by atoms with Gasteiger partial charge in [-0.25, -0.2) is 4.79 Å². The van der Waals surface area contributed by atoms with E-state index in [1.165, 1.54) is 6.08 Å². The Hall–Kier alpha value is -2.10. The van der Waals surface area contributed by atoms with Crippen LogP contribution in [0.25, 0.3) is 6.08 Å². The van der Waals surface area contributed by atoms with Gasteiger partial charge in [0.2, 0.25) is 0 Å². The first-order chi connectivity index (χ1) is 9.83. The summed E-state index contributed by atoms with van der Waals surface area (Å²) >= 11 is 0. The highest BCUT2D eigenvalue weighted by Gasteiger charge is 2.15. The van der Waals surface area contributed by atoms with Crippen LogP contribution in [0, 0.1) is 12.8 Å². The summed E-state index contributed by atoms with van der Waals surface area (Å²) in [7, 11) is 0. The zero-order valence-corrected chi connectivity index (χ0v) is 13.0. The maximum absolute atomic E-state index is 12.3.